The van der Waals surface area contributed by atoms with Crippen LogP contribution in [0.25, 0.3) is 21.5 Å². The monoisotopic (exact) mass is 483 g/mol. The number of ether oxygens (including phenoxy) is 2. The third kappa shape index (κ3) is 4.82. The van der Waals surface area contributed by atoms with Gasteiger partial charge in [-0.25, -0.2) is 4.79 Å². The van der Waals surface area contributed by atoms with E-state index in [-0.39, 0.29) is 0 Å². The molecule has 2 heterocycles. The van der Waals surface area contributed by atoms with Gasteiger partial charge in [0.05, 0.1) is 20.6 Å². The Kier molecular flexibility index (Phi) is 7.00. The number of carbonyl (C=O) groups is 2. The van der Waals surface area contributed by atoms with Gasteiger partial charge in [0.1, 0.15) is 5.75 Å². The molecule has 3 aromatic carbocycles. The van der Waals surface area contributed by atoms with Crippen molar-refractivity contribution in [1.82, 2.24) is 4.90 Å². The van der Waals surface area contributed by atoms with E-state index in [9.17, 15) is 14.7 Å². The van der Waals surface area contributed by atoms with E-state index >= 15 is 0 Å². The van der Waals surface area contributed by atoms with E-state index in [1.807, 2.05) is 6.07 Å². The van der Waals surface area contributed by atoms with Crippen molar-refractivity contribution in [2.75, 3.05) is 20.8 Å². The Balaban J connectivity index is 0.000000277. The van der Waals surface area contributed by atoms with Gasteiger partial charge in [-0.2, -0.15) is 0 Å². The maximum absolute atomic E-state index is 10.1. The summed E-state index contributed by atoms with van der Waals surface area (Å²) in [6.07, 6.45) is 1.10. The molecule has 9 heteroatoms. The molecule has 0 bridgehead atoms. The fourth-order valence-electron chi connectivity index (χ4n) is 5.13. The lowest BCUT2D eigenvalue weighted by molar-refractivity contribution is -0.152. The number of hydrogen-bond donors (Lipinski definition) is 4. The minimum Gasteiger partial charge on any atom is -0.508 e. The molecule has 0 radical (unpaired) electrons. The average Bonchev–Trinajstić information content (AvgIpc) is 3.29. The number of nitrogens with zero attached hydrogens (tertiary/aromatic N) is 1. The van der Waals surface area contributed by atoms with Crippen LogP contribution in [-0.4, -0.2) is 70.2 Å². The summed E-state index contributed by atoms with van der Waals surface area (Å²) in [5.74, 6) is -1.07. The van der Waals surface area contributed by atoms with Gasteiger partial charge in [0.25, 0.3) is 0 Å². The van der Waals surface area contributed by atoms with Gasteiger partial charge in [0.15, 0.2) is 17.6 Å². The number of rotatable bonds is 5. The first-order valence-electron chi connectivity index (χ1n) is 11.4. The second-order valence-electron chi connectivity index (χ2n) is 8.86. The van der Waals surface area contributed by atoms with Gasteiger partial charge in [-0.3, -0.25) is 9.69 Å². The molecule has 9 nitrogen and oxygen atoms in total. The van der Waals surface area contributed by atoms with E-state index in [2.05, 4.69) is 23.1 Å². The minimum absolute atomic E-state index is 0.295. The Morgan fingerprint density at radius 2 is 1.66 bits per heavy atom. The third-order valence-electron chi connectivity index (χ3n) is 6.78. The maximum atomic E-state index is 10.1. The van der Waals surface area contributed by atoms with Crippen molar-refractivity contribution < 1.29 is 39.5 Å². The molecule has 0 aliphatic carbocycles. The largest absolute Gasteiger partial charge is 0.508 e. The van der Waals surface area contributed by atoms with Crippen LogP contribution in [0.4, 0.5) is 0 Å². The Bertz CT molecular complexity index is 1290. The molecule has 4 N–H and O–H groups in total. The summed E-state index contributed by atoms with van der Waals surface area (Å²) in [6, 6.07) is 10.5. The quantitative estimate of drug-likeness (QED) is 0.403. The molecule has 2 aliphatic rings. The van der Waals surface area contributed by atoms with Crippen LogP contribution in [-0.2, 0) is 22.6 Å². The average molecular weight is 484 g/mol. The highest BCUT2D eigenvalue weighted by molar-refractivity contribution is 6.12. The molecule has 186 valence electrons. The molecule has 0 spiro atoms. The SMILES string of the molecule is COc1cc2c3c(c4ccc(O)cc4c2cc1OC)CN1CCC[C@H]1C3.O=C(O)CC(O)C(=O)O. The minimum atomic E-state index is -1.79. The number of carboxylic acids is 2. The zero-order chi connectivity index (χ0) is 25.3. The van der Waals surface area contributed by atoms with Crippen molar-refractivity contribution in [2.24, 2.45) is 0 Å². The standard InChI is InChI=1S/C22H23NO3.C4H6O5/c1-25-21-10-18-16-8-13-4-3-7-23(13)12-20(16)15-6-5-14(24)9-17(15)19(18)11-22(21)26-2;5-2(4(8)9)1-3(6)7/h5-6,9-11,13,24H,3-4,7-8,12H2,1-2H3;2,5H,1H2,(H,6,7)(H,8,9)/t13-;/m0./s1. The van der Waals surface area contributed by atoms with Crippen molar-refractivity contribution in [2.45, 2.75) is 44.4 Å². The molecule has 0 saturated carbocycles. The van der Waals surface area contributed by atoms with Crippen molar-refractivity contribution in [3.63, 3.8) is 0 Å². The molecule has 0 aromatic heterocycles. The van der Waals surface area contributed by atoms with Crippen molar-refractivity contribution in [3.05, 3.63) is 41.5 Å². The third-order valence-corrected chi connectivity index (χ3v) is 6.78. The topological polar surface area (TPSA) is 137 Å². The molecule has 2 aliphatic heterocycles. The predicted molar refractivity (Wildman–Crippen MR) is 129 cm³/mol. The van der Waals surface area contributed by atoms with E-state index in [0.717, 1.165) is 35.2 Å². The predicted octanol–water partition coefficient (Wildman–Crippen LogP) is 3.14. The number of aliphatic hydroxyl groups excluding tert-OH is 1. The van der Waals surface area contributed by atoms with Gasteiger partial charge in [0.2, 0.25) is 0 Å². The molecule has 1 unspecified atom stereocenters. The van der Waals surface area contributed by atoms with Crippen molar-refractivity contribution in [3.8, 4) is 17.2 Å². The van der Waals surface area contributed by atoms with E-state index in [1.165, 1.54) is 41.3 Å². The van der Waals surface area contributed by atoms with Crippen LogP contribution >= 0.6 is 0 Å². The summed E-state index contributed by atoms with van der Waals surface area (Å²) in [7, 11) is 3.35. The molecule has 0 amide bonds. The second kappa shape index (κ2) is 9.97. The number of phenolic OH excluding ortho intramolecular Hbond substituents is 1. The first-order valence-corrected chi connectivity index (χ1v) is 11.4. The van der Waals surface area contributed by atoms with E-state index in [0.29, 0.717) is 11.8 Å². The van der Waals surface area contributed by atoms with Crippen LogP contribution in [0.1, 0.15) is 30.4 Å². The van der Waals surface area contributed by atoms with Crippen LogP contribution < -0.4 is 9.47 Å². The van der Waals surface area contributed by atoms with E-state index in [4.69, 9.17) is 24.8 Å². The number of benzene rings is 3. The Labute approximate surface area is 202 Å². The smallest absolute Gasteiger partial charge is 0.333 e. The summed E-state index contributed by atoms with van der Waals surface area (Å²) in [4.78, 5) is 22.0. The first kappa shape index (κ1) is 24.6. The molecule has 3 aromatic rings. The summed E-state index contributed by atoms with van der Waals surface area (Å²) in [6.45, 7) is 2.18. The fraction of sp³-hybridized carbons (Fsp3) is 0.385. The highest BCUT2D eigenvalue weighted by atomic mass is 16.5. The van der Waals surface area contributed by atoms with Gasteiger partial charge < -0.3 is 29.9 Å². The summed E-state index contributed by atoms with van der Waals surface area (Å²) in [5, 5.41) is 38.9. The highest BCUT2D eigenvalue weighted by Gasteiger charge is 2.32. The Hall–Kier alpha value is -3.56. The number of carboxylic acid groups (broad SMARTS) is 2. The van der Waals surface area contributed by atoms with Crippen LogP contribution in [0.15, 0.2) is 30.3 Å². The summed E-state index contributed by atoms with van der Waals surface area (Å²) >= 11 is 0. The fourth-order valence-corrected chi connectivity index (χ4v) is 5.13. The lowest BCUT2D eigenvalue weighted by Gasteiger charge is -2.33. The molecule has 1 saturated heterocycles. The van der Waals surface area contributed by atoms with Crippen LogP contribution in [0.3, 0.4) is 0 Å². The lowest BCUT2D eigenvalue weighted by Crippen LogP contribution is -2.35. The van der Waals surface area contributed by atoms with Gasteiger partial charge >= 0.3 is 11.9 Å². The highest BCUT2D eigenvalue weighted by Crippen LogP contribution is 2.44. The van der Waals surface area contributed by atoms with Crippen molar-refractivity contribution >= 4 is 33.5 Å². The first-order chi connectivity index (χ1) is 16.7. The van der Waals surface area contributed by atoms with E-state index in [1.54, 1.807) is 20.3 Å². The Morgan fingerprint density at radius 3 is 2.26 bits per heavy atom. The number of fused-ring (bicyclic) bond motifs is 7. The normalized spacial score (nSPS) is 17.7. The summed E-state index contributed by atoms with van der Waals surface area (Å²) < 4.78 is 11.1. The van der Waals surface area contributed by atoms with Gasteiger partial charge in [-0.1, -0.05) is 6.07 Å². The molecule has 35 heavy (non-hydrogen) atoms. The van der Waals surface area contributed by atoms with E-state index < -0.39 is 24.5 Å². The maximum Gasteiger partial charge on any atom is 0.333 e. The van der Waals surface area contributed by atoms with Crippen LogP contribution in [0, 0.1) is 0 Å². The molecule has 1 fully saturated rings. The number of hydrogen-bond acceptors (Lipinski definition) is 7. The van der Waals surface area contributed by atoms with Crippen LogP contribution in [0.5, 0.6) is 17.2 Å². The number of methoxy groups -OCH3 is 2. The zero-order valence-corrected chi connectivity index (χ0v) is 19.7. The molecular formula is C26H29NO8. The zero-order valence-electron chi connectivity index (χ0n) is 19.7. The number of aliphatic carboxylic acids is 2. The van der Waals surface area contributed by atoms with Gasteiger partial charge in [-0.15, -0.1) is 0 Å². The summed E-state index contributed by atoms with van der Waals surface area (Å²) in [5.41, 5.74) is 2.83. The number of phenols is 1. The second-order valence-corrected chi connectivity index (χ2v) is 8.86. The van der Waals surface area contributed by atoms with Crippen LogP contribution in [0.2, 0.25) is 0 Å². The van der Waals surface area contributed by atoms with Gasteiger partial charge in [-0.05, 0) is 82.7 Å². The Morgan fingerprint density at radius 1 is 1.00 bits per heavy atom. The van der Waals surface area contributed by atoms with Crippen molar-refractivity contribution in [1.29, 1.82) is 0 Å². The van der Waals surface area contributed by atoms with Gasteiger partial charge in [0, 0.05) is 12.6 Å². The number of aromatic hydroxyl groups is 1. The molecule has 5 rings (SSSR count). The molecule has 2 atom stereocenters. The lowest BCUT2D eigenvalue weighted by atomic mass is 9.85. The number of aliphatic hydroxyl groups is 1. The molecular weight excluding hydrogens is 454 g/mol.